The lowest BCUT2D eigenvalue weighted by molar-refractivity contribution is 0.112. The monoisotopic (exact) mass is 239 g/mol. The molecule has 0 aliphatic rings. The molecular weight excluding hydrogens is 221 g/mol. The summed E-state index contributed by atoms with van der Waals surface area (Å²) in [6.07, 6.45) is 0.682. The molecule has 0 saturated carbocycles. The second-order valence-corrected chi connectivity index (χ2v) is 3.57. The minimum absolute atomic E-state index is 0.365. The van der Waals surface area contributed by atoms with Crippen LogP contribution in [0.4, 0.5) is 10.1 Å². The Morgan fingerprint density at radius 1 is 1.41 bits per heavy atom. The number of hydrogen-bond donors (Lipinski definition) is 0. The number of hydrogen-bond acceptors (Lipinski definition) is 3. The van der Waals surface area contributed by atoms with Crippen molar-refractivity contribution in [3.63, 3.8) is 0 Å². The first-order valence-corrected chi connectivity index (χ1v) is 5.81. The molecule has 0 saturated heterocycles. The summed E-state index contributed by atoms with van der Waals surface area (Å²) in [7, 11) is 0. The van der Waals surface area contributed by atoms with E-state index in [2.05, 4.69) is 0 Å². The molecule has 0 aliphatic carbocycles. The van der Waals surface area contributed by atoms with Crippen molar-refractivity contribution in [2.24, 2.45) is 0 Å². The van der Waals surface area contributed by atoms with E-state index in [1.807, 2.05) is 18.7 Å². The summed E-state index contributed by atoms with van der Waals surface area (Å²) in [6.45, 7) is 6.20. The van der Waals surface area contributed by atoms with Crippen molar-refractivity contribution in [1.82, 2.24) is 0 Å². The molecule has 0 atom stereocenters. The van der Waals surface area contributed by atoms with Crippen LogP contribution in [0.15, 0.2) is 18.2 Å². The summed E-state index contributed by atoms with van der Waals surface area (Å²) in [6, 6.07) is 4.53. The van der Waals surface area contributed by atoms with E-state index < -0.39 is 0 Å². The Morgan fingerprint density at radius 3 is 2.76 bits per heavy atom. The van der Waals surface area contributed by atoms with Gasteiger partial charge >= 0.3 is 0 Å². The van der Waals surface area contributed by atoms with Gasteiger partial charge in [0.2, 0.25) is 0 Å². The Bertz CT molecular complexity index is 368. The largest absolute Gasteiger partial charge is 0.380 e. The van der Waals surface area contributed by atoms with Crippen LogP contribution in [0.5, 0.6) is 0 Å². The molecular formula is C13H18FNO2. The maximum atomic E-state index is 13.7. The number of rotatable bonds is 7. The van der Waals surface area contributed by atoms with Gasteiger partial charge in [0.15, 0.2) is 6.29 Å². The second-order valence-electron chi connectivity index (χ2n) is 3.57. The lowest BCUT2D eigenvalue weighted by Crippen LogP contribution is -2.29. The van der Waals surface area contributed by atoms with Gasteiger partial charge in [0, 0.05) is 25.3 Å². The van der Waals surface area contributed by atoms with Gasteiger partial charge in [0.05, 0.1) is 12.3 Å². The fourth-order valence-electron chi connectivity index (χ4n) is 1.71. The quantitative estimate of drug-likeness (QED) is 0.541. The third kappa shape index (κ3) is 3.53. The number of ether oxygens (including phenoxy) is 1. The van der Waals surface area contributed by atoms with E-state index in [9.17, 15) is 9.18 Å². The van der Waals surface area contributed by atoms with Crippen molar-refractivity contribution in [3.05, 3.63) is 29.6 Å². The lowest BCUT2D eigenvalue weighted by Gasteiger charge is -2.24. The highest BCUT2D eigenvalue weighted by Crippen LogP contribution is 2.22. The highest BCUT2D eigenvalue weighted by molar-refractivity contribution is 5.84. The molecule has 0 radical (unpaired) electrons. The van der Waals surface area contributed by atoms with Gasteiger partial charge in [-0.3, -0.25) is 4.79 Å². The first-order chi connectivity index (χ1) is 8.24. The predicted octanol–water partition coefficient (Wildman–Crippen LogP) is 2.50. The van der Waals surface area contributed by atoms with Crippen LogP contribution in [0.2, 0.25) is 0 Å². The van der Waals surface area contributed by atoms with E-state index in [4.69, 9.17) is 4.74 Å². The fourth-order valence-corrected chi connectivity index (χ4v) is 1.71. The van der Waals surface area contributed by atoms with Crippen molar-refractivity contribution in [2.75, 3.05) is 31.2 Å². The minimum atomic E-state index is -0.368. The Labute approximate surface area is 101 Å². The molecule has 1 aromatic rings. The van der Waals surface area contributed by atoms with Crippen molar-refractivity contribution in [2.45, 2.75) is 13.8 Å². The van der Waals surface area contributed by atoms with Gasteiger partial charge in [-0.05, 0) is 26.0 Å². The number of para-hydroxylation sites is 1. The fraction of sp³-hybridized carbons (Fsp3) is 0.462. The van der Waals surface area contributed by atoms with Crippen LogP contribution in [-0.4, -0.2) is 32.6 Å². The Kier molecular flexibility index (Phi) is 5.63. The van der Waals surface area contributed by atoms with Crippen LogP contribution >= 0.6 is 0 Å². The Morgan fingerprint density at radius 2 is 2.18 bits per heavy atom. The van der Waals surface area contributed by atoms with Gasteiger partial charge in [-0.1, -0.05) is 6.07 Å². The van der Waals surface area contributed by atoms with E-state index in [-0.39, 0.29) is 5.82 Å². The third-order valence-electron chi connectivity index (χ3n) is 2.55. The standard InChI is InChI=1S/C13H18FNO2/c1-3-15(8-9-17-4-2)13-11(10-16)6-5-7-12(13)14/h5-7,10H,3-4,8-9H2,1-2H3. The molecule has 1 aromatic carbocycles. The first-order valence-electron chi connectivity index (χ1n) is 5.81. The molecule has 0 N–H and O–H groups in total. The summed E-state index contributed by atoms with van der Waals surface area (Å²) >= 11 is 0. The summed E-state index contributed by atoms with van der Waals surface area (Å²) < 4.78 is 19.0. The van der Waals surface area contributed by atoms with Crippen molar-refractivity contribution < 1.29 is 13.9 Å². The van der Waals surface area contributed by atoms with E-state index in [1.165, 1.54) is 6.07 Å². The van der Waals surface area contributed by atoms with Crippen LogP contribution < -0.4 is 4.90 Å². The van der Waals surface area contributed by atoms with Crippen LogP contribution in [-0.2, 0) is 4.74 Å². The molecule has 94 valence electrons. The number of carbonyl (C=O) groups excluding carboxylic acids is 1. The molecule has 1 rings (SSSR count). The number of anilines is 1. The molecule has 17 heavy (non-hydrogen) atoms. The first kappa shape index (κ1) is 13.6. The molecule has 0 fully saturated rings. The van der Waals surface area contributed by atoms with Gasteiger partial charge in [-0.15, -0.1) is 0 Å². The number of nitrogens with zero attached hydrogens (tertiary/aromatic N) is 1. The van der Waals surface area contributed by atoms with Crippen molar-refractivity contribution >= 4 is 12.0 Å². The summed E-state index contributed by atoms with van der Waals surface area (Å²) in [5, 5.41) is 0. The zero-order valence-electron chi connectivity index (χ0n) is 10.3. The maximum Gasteiger partial charge on any atom is 0.152 e. The summed E-state index contributed by atoms with van der Waals surface area (Å²) in [5.74, 6) is -0.368. The average molecular weight is 239 g/mol. The number of aldehydes is 1. The molecule has 0 heterocycles. The topological polar surface area (TPSA) is 29.5 Å². The average Bonchev–Trinajstić information content (AvgIpc) is 2.35. The number of halogens is 1. The molecule has 0 amide bonds. The summed E-state index contributed by atoms with van der Waals surface area (Å²) in [5.41, 5.74) is 0.744. The zero-order valence-corrected chi connectivity index (χ0v) is 10.3. The van der Waals surface area contributed by atoms with Crippen LogP contribution in [0, 0.1) is 5.82 Å². The smallest absolute Gasteiger partial charge is 0.152 e. The van der Waals surface area contributed by atoms with Crippen LogP contribution in [0.25, 0.3) is 0 Å². The second kappa shape index (κ2) is 7.01. The number of likely N-dealkylation sites (N-methyl/N-ethyl adjacent to an activating group) is 1. The van der Waals surface area contributed by atoms with Gasteiger partial charge in [0.25, 0.3) is 0 Å². The van der Waals surface area contributed by atoms with Gasteiger partial charge in [0.1, 0.15) is 5.82 Å². The van der Waals surface area contributed by atoms with E-state index in [1.54, 1.807) is 12.1 Å². The van der Waals surface area contributed by atoms with Crippen molar-refractivity contribution in [3.8, 4) is 0 Å². The minimum Gasteiger partial charge on any atom is -0.380 e. The van der Waals surface area contributed by atoms with Crippen LogP contribution in [0.1, 0.15) is 24.2 Å². The molecule has 0 bridgehead atoms. The van der Waals surface area contributed by atoms with E-state index in [0.717, 1.165) is 0 Å². The molecule has 0 aliphatic heterocycles. The highest BCUT2D eigenvalue weighted by Gasteiger charge is 2.14. The van der Waals surface area contributed by atoms with Crippen LogP contribution in [0.3, 0.4) is 0 Å². The normalized spacial score (nSPS) is 10.3. The maximum absolute atomic E-state index is 13.7. The molecule has 4 heteroatoms. The van der Waals surface area contributed by atoms with Crippen molar-refractivity contribution in [1.29, 1.82) is 0 Å². The Hall–Kier alpha value is -1.42. The number of benzene rings is 1. The van der Waals surface area contributed by atoms with E-state index in [0.29, 0.717) is 43.8 Å². The summed E-state index contributed by atoms with van der Waals surface area (Å²) in [4.78, 5) is 12.7. The van der Waals surface area contributed by atoms with E-state index >= 15 is 0 Å². The molecule has 3 nitrogen and oxygen atoms in total. The lowest BCUT2D eigenvalue weighted by atomic mass is 10.1. The third-order valence-corrected chi connectivity index (χ3v) is 2.55. The molecule has 0 unspecified atom stereocenters. The highest BCUT2D eigenvalue weighted by atomic mass is 19.1. The SMILES string of the molecule is CCOCCN(CC)c1c(F)cccc1C=O. The molecule has 0 aromatic heterocycles. The zero-order chi connectivity index (χ0) is 12.7. The number of carbonyl (C=O) groups is 1. The predicted molar refractivity (Wildman–Crippen MR) is 66.2 cm³/mol. The van der Waals surface area contributed by atoms with Gasteiger partial charge in [-0.2, -0.15) is 0 Å². The van der Waals surface area contributed by atoms with Gasteiger partial charge in [-0.25, -0.2) is 4.39 Å². The van der Waals surface area contributed by atoms with Gasteiger partial charge < -0.3 is 9.64 Å². The molecule has 0 spiro atoms. The Balaban J connectivity index is 2.90.